The number of nitrogens with zero attached hydrogens (tertiary/aromatic N) is 1. The van der Waals surface area contributed by atoms with Crippen LogP contribution in [0.15, 0.2) is 24.3 Å². The third kappa shape index (κ3) is 3.93. The molecule has 1 aromatic rings. The maximum Gasteiger partial charge on any atom is 0.337 e. The van der Waals surface area contributed by atoms with Crippen LogP contribution < -0.4 is 5.32 Å². The Labute approximate surface area is 125 Å². The predicted molar refractivity (Wildman–Crippen MR) is 79.3 cm³/mol. The van der Waals surface area contributed by atoms with Crippen molar-refractivity contribution in [1.82, 2.24) is 10.2 Å². The number of benzene rings is 1. The summed E-state index contributed by atoms with van der Waals surface area (Å²) in [5, 5.41) is 12.9. The van der Waals surface area contributed by atoms with Gasteiger partial charge in [0.2, 0.25) is 0 Å². The third-order valence-electron chi connectivity index (χ3n) is 3.48. The van der Waals surface area contributed by atoms with Gasteiger partial charge in [0.05, 0.1) is 25.3 Å². The van der Waals surface area contributed by atoms with Crippen LogP contribution in [-0.2, 0) is 4.74 Å². The number of hydrogen-bond donors (Lipinski definition) is 2. The lowest BCUT2D eigenvalue weighted by Gasteiger charge is -2.34. The average molecular weight is 301 g/mol. The minimum absolute atomic E-state index is 0. The first kappa shape index (κ1) is 16.9. The zero-order valence-electron chi connectivity index (χ0n) is 11.5. The molecule has 6 heteroatoms. The van der Waals surface area contributed by atoms with E-state index in [-0.39, 0.29) is 31.0 Å². The summed E-state index contributed by atoms with van der Waals surface area (Å²) >= 11 is 0. The average Bonchev–Trinajstić information content (AvgIpc) is 2.49. The first-order chi connectivity index (χ1) is 9.26. The van der Waals surface area contributed by atoms with Gasteiger partial charge in [0.15, 0.2) is 0 Å². The first-order valence-corrected chi connectivity index (χ1v) is 6.50. The number of aliphatic hydroxyl groups is 1. The number of esters is 1. The SMILES string of the molecule is COC(=O)c1ccc([C@H](CO)N2CCNCC2)cc1.Cl. The topological polar surface area (TPSA) is 61.8 Å². The molecule has 2 rings (SSSR count). The van der Waals surface area contributed by atoms with Crippen molar-refractivity contribution < 1.29 is 14.6 Å². The fourth-order valence-electron chi connectivity index (χ4n) is 2.38. The lowest BCUT2D eigenvalue weighted by atomic mass is 10.0. The smallest absolute Gasteiger partial charge is 0.337 e. The number of hydrogen-bond acceptors (Lipinski definition) is 5. The lowest BCUT2D eigenvalue weighted by Crippen LogP contribution is -2.46. The van der Waals surface area contributed by atoms with E-state index in [0.717, 1.165) is 31.7 Å². The van der Waals surface area contributed by atoms with E-state index in [1.807, 2.05) is 12.1 Å². The molecule has 5 nitrogen and oxygen atoms in total. The van der Waals surface area contributed by atoms with Crippen LogP contribution in [0.1, 0.15) is 22.0 Å². The lowest BCUT2D eigenvalue weighted by molar-refractivity contribution is 0.0600. The Balaban J connectivity index is 0.00000200. The maximum absolute atomic E-state index is 11.4. The summed E-state index contributed by atoms with van der Waals surface area (Å²) in [4.78, 5) is 13.6. The molecule has 1 saturated heterocycles. The van der Waals surface area contributed by atoms with Gasteiger partial charge in [-0.15, -0.1) is 12.4 Å². The number of halogens is 1. The van der Waals surface area contributed by atoms with Gasteiger partial charge in [-0.05, 0) is 17.7 Å². The zero-order valence-corrected chi connectivity index (χ0v) is 12.4. The van der Waals surface area contributed by atoms with E-state index >= 15 is 0 Å². The van der Waals surface area contributed by atoms with Gasteiger partial charge >= 0.3 is 5.97 Å². The van der Waals surface area contributed by atoms with E-state index in [0.29, 0.717) is 5.56 Å². The maximum atomic E-state index is 11.4. The van der Waals surface area contributed by atoms with Gasteiger partial charge in [0, 0.05) is 26.2 Å². The molecule has 1 aliphatic heterocycles. The van der Waals surface area contributed by atoms with Gasteiger partial charge in [0.25, 0.3) is 0 Å². The van der Waals surface area contributed by atoms with Gasteiger partial charge in [0.1, 0.15) is 0 Å². The fraction of sp³-hybridized carbons (Fsp3) is 0.500. The molecule has 0 spiro atoms. The van der Waals surface area contributed by atoms with Crippen LogP contribution in [0.2, 0.25) is 0 Å². The molecular weight excluding hydrogens is 280 g/mol. The second-order valence-corrected chi connectivity index (χ2v) is 4.60. The van der Waals surface area contributed by atoms with Crippen LogP contribution in [0.3, 0.4) is 0 Å². The Morgan fingerprint density at radius 1 is 1.35 bits per heavy atom. The molecule has 0 aromatic heterocycles. The minimum atomic E-state index is -0.339. The highest BCUT2D eigenvalue weighted by atomic mass is 35.5. The number of carbonyl (C=O) groups excluding carboxylic acids is 1. The second-order valence-electron chi connectivity index (χ2n) is 4.60. The summed E-state index contributed by atoms with van der Waals surface area (Å²) in [6, 6.07) is 7.25. The Morgan fingerprint density at radius 3 is 2.45 bits per heavy atom. The molecular formula is C14H21ClN2O3. The predicted octanol–water partition coefficient (Wildman–Crippen LogP) is 0.834. The normalized spacial score (nSPS) is 17.1. The third-order valence-corrected chi connectivity index (χ3v) is 3.48. The molecule has 0 saturated carbocycles. The summed E-state index contributed by atoms with van der Waals surface area (Å²) < 4.78 is 4.67. The molecule has 0 radical (unpaired) electrons. The van der Waals surface area contributed by atoms with Crippen molar-refractivity contribution in [2.45, 2.75) is 6.04 Å². The highest BCUT2D eigenvalue weighted by Gasteiger charge is 2.21. The molecule has 0 aliphatic carbocycles. The number of nitrogens with one attached hydrogen (secondary N) is 1. The van der Waals surface area contributed by atoms with Crippen LogP contribution in [-0.4, -0.2) is 55.9 Å². The standard InChI is InChI=1S/C14H20N2O3.ClH/c1-19-14(18)12-4-2-11(3-5-12)13(10-17)16-8-6-15-7-9-16;/h2-5,13,15,17H,6-10H2,1H3;1H/t13-;/m0./s1. The molecule has 1 aromatic carbocycles. The van der Waals surface area contributed by atoms with E-state index in [4.69, 9.17) is 0 Å². The molecule has 1 atom stereocenters. The number of rotatable bonds is 4. The van der Waals surface area contributed by atoms with Gasteiger partial charge in [-0.2, -0.15) is 0 Å². The number of methoxy groups -OCH3 is 1. The van der Waals surface area contributed by atoms with Crippen molar-refractivity contribution in [3.8, 4) is 0 Å². The minimum Gasteiger partial charge on any atom is -0.465 e. The van der Waals surface area contributed by atoms with E-state index in [9.17, 15) is 9.90 Å². The monoisotopic (exact) mass is 300 g/mol. The highest BCUT2D eigenvalue weighted by Crippen LogP contribution is 2.21. The molecule has 20 heavy (non-hydrogen) atoms. The molecule has 1 aliphatic rings. The molecule has 2 N–H and O–H groups in total. The van der Waals surface area contributed by atoms with E-state index < -0.39 is 0 Å². The molecule has 1 heterocycles. The number of aliphatic hydroxyl groups excluding tert-OH is 1. The Bertz CT molecular complexity index is 419. The largest absolute Gasteiger partial charge is 0.465 e. The summed E-state index contributed by atoms with van der Waals surface area (Å²) in [5.41, 5.74) is 1.56. The van der Waals surface area contributed by atoms with Crippen molar-refractivity contribution in [1.29, 1.82) is 0 Å². The first-order valence-electron chi connectivity index (χ1n) is 6.50. The summed E-state index contributed by atoms with van der Waals surface area (Å²) in [5.74, 6) is -0.339. The van der Waals surface area contributed by atoms with Crippen LogP contribution in [0.4, 0.5) is 0 Å². The molecule has 1 fully saturated rings. The summed E-state index contributed by atoms with van der Waals surface area (Å²) in [6.45, 7) is 3.80. The Hall–Kier alpha value is -1.14. The van der Waals surface area contributed by atoms with E-state index in [2.05, 4.69) is 15.0 Å². The Morgan fingerprint density at radius 2 is 1.95 bits per heavy atom. The van der Waals surface area contributed by atoms with Crippen molar-refractivity contribution in [2.24, 2.45) is 0 Å². The number of ether oxygens (including phenoxy) is 1. The van der Waals surface area contributed by atoms with Crippen molar-refractivity contribution >= 4 is 18.4 Å². The number of carbonyl (C=O) groups is 1. The quantitative estimate of drug-likeness (QED) is 0.807. The molecule has 0 amide bonds. The summed E-state index contributed by atoms with van der Waals surface area (Å²) in [6.07, 6.45) is 0. The van der Waals surface area contributed by atoms with E-state index in [1.54, 1.807) is 12.1 Å². The van der Waals surface area contributed by atoms with Gasteiger partial charge in [-0.25, -0.2) is 4.79 Å². The highest BCUT2D eigenvalue weighted by molar-refractivity contribution is 5.89. The van der Waals surface area contributed by atoms with Crippen LogP contribution in [0, 0.1) is 0 Å². The van der Waals surface area contributed by atoms with Gasteiger partial charge in [-0.3, -0.25) is 4.90 Å². The Kier molecular flexibility index (Phi) is 6.95. The molecule has 0 unspecified atom stereocenters. The number of piperazine rings is 1. The van der Waals surface area contributed by atoms with Crippen LogP contribution in [0.25, 0.3) is 0 Å². The molecule has 112 valence electrons. The zero-order chi connectivity index (χ0) is 13.7. The van der Waals surface area contributed by atoms with E-state index in [1.165, 1.54) is 7.11 Å². The van der Waals surface area contributed by atoms with Crippen LogP contribution >= 0.6 is 12.4 Å². The summed E-state index contributed by atoms with van der Waals surface area (Å²) in [7, 11) is 1.37. The van der Waals surface area contributed by atoms with Crippen LogP contribution in [0.5, 0.6) is 0 Å². The fourth-order valence-corrected chi connectivity index (χ4v) is 2.38. The van der Waals surface area contributed by atoms with Crippen molar-refractivity contribution in [3.05, 3.63) is 35.4 Å². The van der Waals surface area contributed by atoms with Gasteiger partial charge in [-0.1, -0.05) is 12.1 Å². The second kappa shape index (κ2) is 8.21. The molecule has 0 bridgehead atoms. The van der Waals surface area contributed by atoms with Crippen molar-refractivity contribution in [2.75, 3.05) is 39.9 Å². The van der Waals surface area contributed by atoms with Crippen molar-refractivity contribution in [3.63, 3.8) is 0 Å². The van der Waals surface area contributed by atoms with Gasteiger partial charge < -0.3 is 15.2 Å².